The van der Waals surface area contributed by atoms with E-state index in [0.29, 0.717) is 5.82 Å². The van der Waals surface area contributed by atoms with Crippen molar-refractivity contribution < 1.29 is 8.78 Å². The fraction of sp³-hybridized carbons (Fsp3) is 0.200. The molecule has 0 bridgehead atoms. The summed E-state index contributed by atoms with van der Waals surface area (Å²) in [5.74, 6) is -0.588. The number of halogens is 2. The number of aromatic nitrogens is 3. The second-order valence-electron chi connectivity index (χ2n) is 3.24. The van der Waals surface area contributed by atoms with Crippen molar-refractivity contribution in [3.05, 3.63) is 47.5 Å². The summed E-state index contributed by atoms with van der Waals surface area (Å²) in [5, 5.41) is 7.42. The van der Waals surface area contributed by atoms with Crippen LogP contribution in [0.2, 0.25) is 0 Å². The van der Waals surface area contributed by atoms with E-state index in [0.717, 1.165) is 0 Å². The van der Waals surface area contributed by atoms with Crippen molar-refractivity contribution >= 4 is 0 Å². The molecule has 5 heteroatoms. The monoisotopic (exact) mass is 209 g/mol. The van der Waals surface area contributed by atoms with E-state index in [-0.39, 0.29) is 12.0 Å². The molecule has 0 aliphatic heterocycles. The molecule has 1 heterocycles. The molecular formula is C10H9F2N3. The van der Waals surface area contributed by atoms with Gasteiger partial charge in [0.2, 0.25) is 0 Å². The standard InChI is InChI=1S/C10H9F2N3/c1-15-6-13-14-10(15)5-7-8(11)3-2-4-9(7)12/h2-4,6H,5H2,1H3. The van der Waals surface area contributed by atoms with Crippen molar-refractivity contribution in [3.63, 3.8) is 0 Å². The van der Waals surface area contributed by atoms with Gasteiger partial charge >= 0.3 is 0 Å². The molecular weight excluding hydrogens is 200 g/mol. The van der Waals surface area contributed by atoms with Crippen molar-refractivity contribution in [1.82, 2.24) is 14.8 Å². The highest BCUT2D eigenvalue weighted by Crippen LogP contribution is 2.15. The van der Waals surface area contributed by atoms with Gasteiger partial charge in [-0.2, -0.15) is 0 Å². The molecule has 0 unspecified atom stereocenters. The van der Waals surface area contributed by atoms with Crippen LogP contribution in [0.15, 0.2) is 24.5 Å². The van der Waals surface area contributed by atoms with Crippen LogP contribution < -0.4 is 0 Å². The maximum atomic E-state index is 13.3. The highest BCUT2D eigenvalue weighted by Gasteiger charge is 2.11. The molecule has 1 aromatic heterocycles. The summed E-state index contributed by atoms with van der Waals surface area (Å²) in [6, 6.07) is 3.80. The summed E-state index contributed by atoms with van der Waals surface area (Å²) in [4.78, 5) is 0. The molecule has 0 aliphatic rings. The fourth-order valence-electron chi connectivity index (χ4n) is 1.33. The average molecular weight is 209 g/mol. The van der Waals surface area contributed by atoms with Crippen LogP contribution in [0.25, 0.3) is 0 Å². The van der Waals surface area contributed by atoms with Gasteiger partial charge in [0.25, 0.3) is 0 Å². The highest BCUT2D eigenvalue weighted by atomic mass is 19.1. The van der Waals surface area contributed by atoms with Gasteiger partial charge in [-0.15, -0.1) is 10.2 Å². The van der Waals surface area contributed by atoms with Crippen molar-refractivity contribution in [2.24, 2.45) is 7.05 Å². The van der Waals surface area contributed by atoms with E-state index < -0.39 is 11.6 Å². The molecule has 2 aromatic rings. The number of nitrogens with zero attached hydrogens (tertiary/aromatic N) is 3. The van der Waals surface area contributed by atoms with Gasteiger partial charge in [-0.25, -0.2) is 8.78 Å². The molecule has 1 aromatic carbocycles. The lowest BCUT2D eigenvalue weighted by atomic mass is 10.1. The van der Waals surface area contributed by atoms with Crippen molar-refractivity contribution in [2.45, 2.75) is 6.42 Å². The molecule has 0 amide bonds. The first-order chi connectivity index (χ1) is 7.18. The molecule has 3 nitrogen and oxygen atoms in total. The van der Waals surface area contributed by atoms with Crippen LogP contribution >= 0.6 is 0 Å². The molecule has 2 rings (SSSR count). The van der Waals surface area contributed by atoms with Gasteiger partial charge in [-0.3, -0.25) is 0 Å². The molecule has 0 saturated carbocycles. The first-order valence-electron chi connectivity index (χ1n) is 4.44. The molecule has 0 N–H and O–H groups in total. The zero-order valence-electron chi connectivity index (χ0n) is 8.11. The first-order valence-corrected chi connectivity index (χ1v) is 4.44. The Morgan fingerprint density at radius 3 is 2.47 bits per heavy atom. The summed E-state index contributed by atoms with van der Waals surface area (Å²) in [6.07, 6.45) is 1.60. The SMILES string of the molecule is Cn1cnnc1Cc1c(F)cccc1F. The first kappa shape index (κ1) is 9.76. The third-order valence-electron chi connectivity index (χ3n) is 2.20. The van der Waals surface area contributed by atoms with E-state index in [9.17, 15) is 8.78 Å². The zero-order valence-corrected chi connectivity index (χ0v) is 8.11. The van der Waals surface area contributed by atoms with Crippen molar-refractivity contribution in [2.75, 3.05) is 0 Å². The van der Waals surface area contributed by atoms with Gasteiger partial charge in [0.1, 0.15) is 23.8 Å². The number of hydrogen-bond donors (Lipinski definition) is 0. The quantitative estimate of drug-likeness (QED) is 0.753. The van der Waals surface area contributed by atoms with Crippen LogP contribution in [0.3, 0.4) is 0 Å². The Hall–Kier alpha value is -1.78. The number of benzene rings is 1. The number of hydrogen-bond acceptors (Lipinski definition) is 2. The van der Waals surface area contributed by atoms with Crippen molar-refractivity contribution in [3.8, 4) is 0 Å². The van der Waals surface area contributed by atoms with Gasteiger partial charge < -0.3 is 4.57 Å². The highest BCUT2D eigenvalue weighted by molar-refractivity contribution is 5.22. The third kappa shape index (κ3) is 1.86. The topological polar surface area (TPSA) is 30.7 Å². The van der Waals surface area contributed by atoms with Crippen LogP contribution in [0, 0.1) is 11.6 Å². The van der Waals surface area contributed by atoms with Gasteiger partial charge in [0.15, 0.2) is 0 Å². The average Bonchev–Trinajstić information content (AvgIpc) is 2.58. The smallest absolute Gasteiger partial charge is 0.137 e. The Kier molecular flexibility index (Phi) is 2.45. The summed E-state index contributed by atoms with van der Waals surface area (Å²) in [5.41, 5.74) is 0.0219. The van der Waals surface area contributed by atoms with Crippen LogP contribution in [0.5, 0.6) is 0 Å². The van der Waals surface area contributed by atoms with E-state index in [1.807, 2.05) is 0 Å². The molecule has 0 aliphatic carbocycles. The number of rotatable bonds is 2. The molecule has 0 spiro atoms. The zero-order chi connectivity index (χ0) is 10.8. The largest absolute Gasteiger partial charge is 0.320 e. The lowest BCUT2D eigenvalue weighted by Crippen LogP contribution is -2.02. The maximum Gasteiger partial charge on any atom is 0.137 e. The second kappa shape index (κ2) is 3.76. The summed E-state index contributed by atoms with van der Waals surface area (Å²) in [7, 11) is 1.73. The molecule has 0 fully saturated rings. The minimum absolute atomic E-state index is 0.0219. The van der Waals surface area contributed by atoms with Gasteiger partial charge in [0.05, 0.1) is 0 Å². The Morgan fingerprint density at radius 2 is 1.93 bits per heavy atom. The lowest BCUT2D eigenvalue weighted by Gasteiger charge is -2.03. The van der Waals surface area contributed by atoms with Crippen molar-refractivity contribution in [1.29, 1.82) is 0 Å². The Bertz CT molecular complexity index is 459. The number of aryl methyl sites for hydroxylation is 1. The maximum absolute atomic E-state index is 13.3. The van der Waals surface area contributed by atoms with E-state index in [1.54, 1.807) is 11.6 Å². The van der Waals surface area contributed by atoms with E-state index in [1.165, 1.54) is 24.5 Å². The predicted molar refractivity (Wildman–Crippen MR) is 50.2 cm³/mol. The minimum Gasteiger partial charge on any atom is -0.320 e. The van der Waals surface area contributed by atoms with Gasteiger partial charge in [-0.05, 0) is 12.1 Å². The van der Waals surface area contributed by atoms with Gasteiger partial charge in [0, 0.05) is 19.0 Å². The summed E-state index contributed by atoms with van der Waals surface area (Å²) < 4.78 is 28.2. The molecule has 15 heavy (non-hydrogen) atoms. The summed E-state index contributed by atoms with van der Waals surface area (Å²) >= 11 is 0. The lowest BCUT2D eigenvalue weighted by molar-refractivity contribution is 0.557. The fourth-order valence-corrected chi connectivity index (χ4v) is 1.33. The molecule has 78 valence electrons. The van der Waals surface area contributed by atoms with E-state index in [4.69, 9.17) is 0 Å². The Labute approximate surface area is 85.4 Å². The molecule has 0 atom stereocenters. The molecule has 0 radical (unpaired) electrons. The Morgan fingerprint density at radius 1 is 1.27 bits per heavy atom. The predicted octanol–water partition coefficient (Wildman–Crippen LogP) is 1.68. The third-order valence-corrected chi connectivity index (χ3v) is 2.20. The van der Waals surface area contributed by atoms with Crippen LogP contribution in [0.4, 0.5) is 8.78 Å². The van der Waals surface area contributed by atoms with Gasteiger partial charge in [-0.1, -0.05) is 6.07 Å². The minimum atomic E-state index is -0.557. The normalized spacial score (nSPS) is 10.6. The van der Waals surface area contributed by atoms with E-state index in [2.05, 4.69) is 10.2 Å². The van der Waals surface area contributed by atoms with Crippen LogP contribution in [-0.2, 0) is 13.5 Å². The molecule has 0 saturated heterocycles. The van der Waals surface area contributed by atoms with Crippen LogP contribution in [-0.4, -0.2) is 14.8 Å². The second-order valence-corrected chi connectivity index (χ2v) is 3.24. The summed E-state index contributed by atoms with van der Waals surface area (Å²) in [6.45, 7) is 0. The van der Waals surface area contributed by atoms with E-state index >= 15 is 0 Å². The van der Waals surface area contributed by atoms with Crippen LogP contribution in [0.1, 0.15) is 11.4 Å². The Balaban J connectivity index is 2.36.